The van der Waals surface area contributed by atoms with Gasteiger partial charge < -0.3 is 5.73 Å². The van der Waals surface area contributed by atoms with Gasteiger partial charge in [0, 0.05) is 11.6 Å². The molecule has 0 bridgehead atoms. The van der Waals surface area contributed by atoms with E-state index in [1.165, 1.54) is 24.3 Å². The maximum Gasteiger partial charge on any atom is 0.141 e. The predicted octanol–water partition coefficient (Wildman–Crippen LogP) is 4.17. The number of halogens is 4. The van der Waals surface area contributed by atoms with Crippen molar-refractivity contribution in [2.24, 2.45) is 5.73 Å². The molecule has 2 N–H and O–H groups in total. The Bertz CT molecular complexity index is 621. The van der Waals surface area contributed by atoms with Gasteiger partial charge in [0.1, 0.15) is 17.5 Å². The molecule has 0 saturated heterocycles. The van der Waals surface area contributed by atoms with E-state index in [9.17, 15) is 13.2 Å². The number of benzene rings is 2. The Kier molecular flexibility index (Phi) is 4.06. The smallest absolute Gasteiger partial charge is 0.141 e. The largest absolute Gasteiger partial charge is 0.321 e. The fraction of sp³-hybridized carbons (Fsp3) is 0.200. The lowest BCUT2D eigenvalue weighted by Crippen LogP contribution is -2.35. The molecule has 2 aromatic rings. The molecule has 0 spiro atoms. The molecule has 0 heterocycles. The van der Waals surface area contributed by atoms with Crippen molar-refractivity contribution >= 4 is 11.6 Å². The van der Waals surface area contributed by atoms with Crippen LogP contribution in [0.5, 0.6) is 0 Å². The van der Waals surface area contributed by atoms with Gasteiger partial charge in [-0.15, -0.1) is 0 Å². The molecule has 0 amide bonds. The molecular weight excluding hydrogens is 287 g/mol. The Balaban J connectivity index is 2.32. The summed E-state index contributed by atoms with van der Waals surface area (Å²) in [6.07, 6.45) is 0.274. The molecule has 5 heteroatoms. The van der Waals surface area contributed by atoms with Gasteiger partial charge >= 0.3 is 0 Å². The second-order valence-electron chi connectivity index (χ2n) is 5.00. The average molecular weight is 300 g/mol. The number of rotatable bonds is 3. The second-order valence-corrected chi connectivity index (χ2v) is 5.41. The summed E-state index contributed by atoms with van der Waals surface area (Å²) in [6.45, 7) is 1.65. The summed E-state index contributed by atoms with van der Waals surface area (Å²) in [6, 6.07) is 7.40. The van der Waals surface area contributed by atoms with E-state index in [1.54, 1.807) is 13.0 Å². The van der Waals surface area contributed by atoms with Crippen LogP contribution in [0.4, 0.5) is 13.2 Å². The lowest BCUT2D eigenvalue weighted by molar-refractivity contribution is 0.478. The van der Waals surface area contributed by atoms with Crippen molar-refractivity contribution < 1.29 is 13.2 Å². The molecule has 1 unspecified atom stereocenters. The van der Waals surface area contributed by atoms with Gasteiger partial charge in [-0.05, 0) is 48.7 Å². The molecule has 106 valence electrons. The van der Waals surface area contributed by atoms with Gasteiger partial charge in [0.25, 0.3) is 0 Å². The molecule has 0 aliphatic heterocycles. The van der Waals surface area contributed by atoms with Gasteiger partial charge in [-0.1, -0.05) is 17.7 Å². The topological polar surface area (TPSA) is 26.0 Å². The van der Waals surface area contributed by atoms with Gasteiger partial charge in [-0.25, -0.2) is 13.2 Å². The van der Waals surface area contributed by atoms with E-state index in [1.807, 2.05) is 0 Å². The second kappa shape index (κ2) is 5.46. The quantitative estimate of drug-likeness (QED) is 0.904. The standard InChI is InChI=1S/C15H13ClF3N/c1-15(20,10-5-11(17)7-12(18)6-10)8-9-2-3-14(19)13(16)4-9/h2-7H,8,20H2,1H3. The van der Waals surface area contributed by atoms with Gasteiger partial charge in [-0.2, -0.15) is 0 Å². The summed E-state index contributed by atoms with van der Waals surface area (Å²) in [4.78, 5) is 0. The lowest BCUT2D eigenvalue weighted by Gasteiger charge is -2.25. The fourth-order valence-electron chi connectivity index (χ4n) is 2.06. The zero-order valence-corrected chi connectivity index (χ0v) is 11.5. The van der Waals surface area contributed by atoms with Crippen LogP contribution in [0, 0.1) is 17.5 Å². The van der Waals surface area contributed by atoms with Crippen LogP contribution in [0.2, 0.25) is 5.02 Å². The van der Waals surface area contributed by atoms with Crippen LogP contribution in [0.1, 0.15) is 18.1 Å². The number of hydrogen-bond acceptors (Lipinski definition) is 1. The molecule has 0 saturated carbocycles. The minimum Gasteiger partial charge on any atom is -0.321 e. The summed E-state index contributed by atoms with van der Waals surface area (Å²) >= 11 is 5.70. The van der Waals surface area contributed by atoms with E-state index in [-0.39, 0.29) is 11.4 Å². The van der Waals surface area contributed by atoms with Crippen molar-refractivity contribution in [3.63, 3.8) is 0 Å². The first kappa shape index (κ1) is 14.9. The van der Waals surface area contributed by atoms with Crippen LogP contribution in [-0.4, -0.2) is 0 Å². The summed E-state index contributed by atoms with van der Waals surface area (Å²) < 4.78 is 39.6. The minimum absolute atomic E-state index is 0.0104. The molecule has 0 aliphatic carbocycles. The van der Waals surface area contributed by atoms with Crippen molar-refractivity contribution in [3.8, 4) is 0 Å². The van der Waals surface area contributed by atoms with E-state index in [0.29, 0.717) is 11.1 Å². The third kappa shape index (κ3) is 3.32. The minimum atomic E-state index is -0.996. The first-order valence-corrected chi connectivity index (χ1v) is 6.35. The van der Waals surface area contributed by atoms with Crippen LogP contribution >= 0.6 is 11.6 Å². The molecule has 0 aliphatic rings. The van der Waals surface area contributed by atoms with Crippen molar-refractivity contribution in [1.82, 2.24) is 0 Å². The molecule has 1 nitrogen and oxygen atoms in total. The molecule has 2 rings (SSSR count). The lowest BCUT2D eigenvalue weighted by atomic mass is 9.86. The SMILES string of the molecule is CC(N)(Cc1ccc(F)c(Cl)c1)c1cc(F)cc(F)c1. The van der Waals surface area contributed by atoms with Crippen LogP contribution in [0.15, 0.2) is 36.4 Å². The maximum atomic E-state index is 13.2. The molecule has 2 aromatic carbocycles. The Morgan fingerprint density at radius 3 is 2.20 bits per heavy atom. The monoisotopic (exact) mass is 299 g/mol. The van der Waals surface area contributed by atoms with Crippen molar-refractivity contribution in [3.05, 3.63) is 70.0 Å². The van der Waals surface area contributed by atoms with Gasteiger partial charge in [0.2, 0.25) is 0 Å². The number of nitrogens with two attached hydrogens (primary N) is 1. The maximum absolute atomic E-state index is 13.2. The molecule has 0 radical (unpaired) electrons. The highest BCUT2D eigenvalue weighted by atomic mass is 35.5. The van der Waals surface area contributed by atoms with E-state index < -0.39 is 23.0 Å². The summed E-state index contributed by atoms with van der Waals surface area (Å²) in [5, 5.41) is -0.0104. The van der Waals surface area contributed by atoms with Crippen LogP contribution < -0.4 is 5.73 Å². The molecule has 1 atom stereocenters. The highest BCUT2D eigenvalue weighted by Crippen LogP contribution is 2.26. The van der Waals surface area contributed by atoms with Crippen LogP contribution in [-0.2, 0) is 12.0 Å². The van der Waals surface area contributed by atoms with Gasteiger partial charge in [-0.3, -0.25) is 0 Å². The molecule has 0 fully saturated rings. The number of hydrogen-bond donors (Lipinski definition) is 1. The third-order valence-corrected chi connectivity index (χ3v) is 3.37. The van der Waals surface area contributed by atoms with Crippen molar-refractivity contribution in [2.45, 2.75) is 18.9 Å². The molecular formula is C15H13ClF3N. The normalized spacial score (nSPS) is 14.1. The summed E-state index contributed by atoms with van der Waals surface area (Å²) in [7, 11) is 0. The first-order chi connectivity index (χ1) is 9.28. The first-order valence-electron chi connectivity index (χ1n) is 5.97. The van der Waals surface area contributed by atoms with Gasteiger partial charge in [0.15, 0.2) is 0 Å². The Hall–Kier alpha value is -1.52. The van der Waals surface area contributed by atoms with E-state index >= 15 is 0 Å². The van der Waals surface area contributed by atoms with E-state index in [4.69, 9.17) is 17.3 Å². The molecule has 0 aromatic heterocycles. The highest BCUT2D eigenvalue weighted by Gasteiger charge is 2.23. The zero-order chi connectivity index (χ0) is 14.9. The highest BCUT2D eigenvalue weighted by molar-refractivity contribution is 6.30. The van der Waals surface area contributed by atoms with Gasteiger partial charge in [0.05, 0.1) is 5.02 Å². The Morgan fingerprint density at radius 2 is 1.65 bits per heavy atom. The van der Waals surface area contributed by atoms with E-state index in [2.05, 4.69) is 0 Å². The van der Waals surface area contributed by atoms with Crippen molar-refractivity contribution in [1.29, 1.82) is 0 Å². The third-order valence-electron chi connectivity index (χ3n) is 3.08. The molecule has 20 heavy (non-hydrogen) atoms. The van der Waals surface area contributed by atoms with Crippen molar-refractivity contribution in [2.75, 3.05) is 0 Å². The fourth-order valence-corrected chi connectivity index (χ4v) is 2.26. The Morgan fingerprint density at radius 1 is 1.05 bits per heavy atom. The predicted molar refractivity (Wildman–Crippen MR) is 73.0 cm³/mol. The summed E-state index contributed by atoms with van der Waals surface area (Å²) in [5.41, 5.74) is 6.15. The summed E-state index contributed by atoms with van der Waals surface area (Å²) in [5.74, 6) is -1.89. The van der Waals surface area contributed by atoms with Crippen LogP contribution in [0.3, 0.4) is 0 Å². The Labute approximate surface area is 120 Å². The average Bonchev–Trinajstić information content (AvgIpc) is 2.32. The zero-order valence-electron chi connectivity index (χ0n) is 10.8. The van der Waals surface area contributed by atoms with Crippen LogP contribution in [0.25, 0.3) is 0 Å². The van der Waals surface area contributed by atoms with E-state index in [0.717, 1.165) is 6.07 Å².